The van der Waals surface area contributed by atoms with Crippen molar-refractivity contribution in [2.24, 2.45) is 0 Å². The average molecular weight is 280 g/mol. The van der Waals surface area contributed by atoms with Crippen molar-refractivity contribution in [3.63, 3.8) is 0 Å². The number of nitrogens with zero attached hydrogens (tertiary/aromatic N) is 1. The Hall–Kier alpha value is -0.491. The van der Waals surface area contributed by atoms with Gasteiger partial charge in [-0.2, -0.15) is 0 Å². The molecular formula is C11H15NSn. The van der Waals surface area contributed by atoms with E-state index in [4.69, 9.17) is 0 Å². The molecule has 1 aromatic rings. The molecule has 1 rings (SSSR count). The molecule has 0 atom stereocenters. The Labute approximate surface area is 84.5 Å². The summed E-state index contributed by atoms with van der Waals surface area (Å²) >= 11 is -1.93. The van der Waals surface area contributed by atoms with Crippen molar-refractivity contribution < 1.29 is 0 Å². The van der Waals surface area contributed by atoms with Crippen molar-refractivity contribution in [2.45, 2.75) is 21.7 Å². The summed E-state index contributed by atoms with van der Waals surface area (Å²) in [5, 5.41) is 0. The molecule has 0 aliphatic rings. The molecule has 0 aromatic carbocycles. The van der Waals surface area contributed by atoms with E-state index in [1.165, 1.54) is 0 Å². The number of aromatic nitrogens is 1. The van der Waals surface area contributed by atoms with Crippen molar-refractivity contribution in [3.05, 3.63) is 29.6 Å². The maximum absolute atomic E-state index is 4.34. The van der Waals surface area contributed by atoms with Crippen LogP contribution in [0.1, 0.15) is 11.4 Å². The van der Waals surface area contributed by atoms with Crippen molar-refractivity contribution >= 4 is 18.4 Å². The molecule has 1 nitrogen and oxygen atoms in total. The summed E-state index contributed by atoms with van der Waals surface area (Å²) < 4.78 is 3.36. The van der Waals surface area contributed by atoms with Crippen LogP contribution in [0.15, 0.2) is 18.2 Å². The summed E-state index contributed by atoms with van der Waals surface area (Å²) in [5.74, 6) is 3.16. The van der Waals surface area contributed by atoms with E-state index < -0.39 is 18.4 Å². The van der Waals surface area contributed by atoms with Crippen LogP contribution in [-0.4, -0.2) is 23.4 Å². The van der Waals surface area contributed by atoms with Gasteiger partial charge in [0.2, 0.25) is 0 Å². The second-order valence-corrected chi connectivity index (χ2v) is 17.7. The summed E-state index contributed by atoms with van der Waals surface area (Å²) in [6.45, 7) is 1.99. The molecule has 0 aliphatic heterocycles. The number of hydrogen-bond donors (Lipinski definition) is 0. The molecule has 1 aromatic heterocycles. The molecule has 0 radical (unpaired) electrons. The number of hydrogen-bond acceptors (Lipinski definition) is 1. The van der Waals surface area contributed by atoms with Gasteiger partial charge >= 0.3 is 84.5 Å². The molecule has 0 spiro atoms. The minimum absolute atomic E-state index is 0.909. The van der Waals surface area contributed by atoms with Crippen LogP contribution in [-0.2, 0) is 0 Å². The van der Waals surface area contributed by atoms with E-state index in [0.29, 0.717) is 0 Å². The van der Waals surface area contributed by atoms with E-state index in [1.54, 1.807) is 0 Å². The van der Waals surface area contributed by atoms with Crippen LogP contribution in [0.2, 0.25) is 14.8 Å². The fourth-order valence-corrected chi connectivity index (χ4v) is 2.30. The average Bonchev–Trinajstić information content (AvgIpc) is 2.00. The third-order valence-electron chi connectivity index (χ3n) is 1.45. The molecule has 0 saturated heterocycles. The van der Waals surface area contributed by atoms with Crippen LogP contribution in [0.5, 0.6) is 0 Å². The van der Waals surface area contributed by atoms with E-state index >= 15 is 0 Å². The predicted octanol–water partition coefficient (Wildman–Crippen LogP) is 2.62. The molecule has 1 heterocycles. The first-order valence-electron chi connectivity index (χ1n) is 4.44. The first kappa shape index (κ1) is 10.6. The van der Waals surface area contributed by atoms with E-state index in [2.05, 4.69) is 29.7 Å². The van der Waals surface area contributed by atoms with Crippen LogP contribution < -0.4 is 0 Å². The molecule has 0 fully saturated rings. The molecule has 13 heavy (non-hydrogen) atoms. The fraction of sp³-hybridized carbons (Fsp3) is 0.364. The standard InChI is InChI=1S/C8H6N.3CH3.Sn/c1-3-8-6-4-5-7(2)9-8;;;;/h4-6H,2H3;3*1H3;. The Kier molecular flexibility index (Phi) is 3.38. The molecule has 0 N–H and O–H groups in total. The Morgan fingerprint density at radius 3 is 2.46 bits per heavy atom. The monoisotopic (exact) mass is 281 g/mol. The molecule has 0 aliphatic carbocycles. The number of pyridine rings is 1. The first-order valence-corrected chi connectivity index (χ1v) is 14.4. The zero-order chi connectivity index (χ0) is 9.90. The van der Waals surface area contributed by atoms with Crippen LogP contribution in [0.4, 0.5) is 0 Å². The second kappa shape index (κ2) is 4.15. The second-order valence-electron chi connectivity index (χ2n) is 4.16. The Morgan fingerprint density at radius 2 is 1.92 bits per heavy atom. The number of aryl methyl sites for hydroxylation is 1. The van der Waals surface area contributed by atoms with Gasteiger partial charge in [0.1, 0.15) is 0 Å². The zero-order valence-electron chi connectivity index (χ0n) is 8.68. The normalized spacial score (nSPS) is 10.5. The van der Waals surface area contributed by atoms with Gasteiger partial charge in [-0.3, -0.25) is 0 Å². The topological polar surface area (TPSA) is 12.9 Å². The molecule has 0 bridgehead atoms. The van der Waals surface area contributed by atoms with Crippen LogP contribution in [0.25, 0.3) is 0 Å². The molecular weight excluding hydrogens is 265 g/mol. The SMILES string of the molecule is Cc1cccc(C#[C][Sn]([CH3])([CH3])[CH3])n1. The number of rotatable bonds is 0. The quantitative estimate of drug-likeness (QED) is 0.526. The van der Waals surface area contributed by atoms with Gasteiger partial charge in [0.15, 0.2) is 0 Å². The molecule has 0 unspecified atom stereocenters. The van der Waals surface area contributed by atoms with Gasteiger partial charge in [0.05, 0.1) is 0 Å². The summed E-state index contributed by atoms with van der Waals surface area (Å²) in [5.41, 5.74) is 1.95. The van der Waals surface area contributed by atoms with Gasteiger partial charge in [-0.05, 0) is 0 Å². The molecule has 68 valence electrons. The van der Waals surface area contributed by atoms with Gasteiger partial charge in [-0.1, -0.05) is 0 Å². The third kappa shape index (κ3) is 4.33. The van der Waals surface area contributed by atoms with E-state index in [9.17, 15) is 0 Å². The van der Waals surface area contributed by atoms with Gasteiger partial charge in [-0.15, -0.1) is 0 Å². The van der Waals surface area contributed by atoms with Gasteiger partial charge in [0, 0.05) is 0 Å². The van der Waals surface area contributed by atoms with E-state index in [0.717, 1.165) is 11.4 Å². The molecule has 0 amide bonds. The first-order chi connectivity index (χ1) is 5.97. The van der Waals surface area contributed by atoms with Gasteiger partial charge < -0.3 is 0 Å². The molecule has 2 heteroatoms. The minimum atomic E-state index is -1.93. The third-order valence-corrected chi connectivity index (χ3v) is 3.95. The summed E-state index contributed by atoms with van der Waals surface area (Å²) in [6, 6.07) is 5.97. The Bertz CT molecular complexity index is 352. The van der Waals surface area contributed by atoms with E-state index in [1.807, 2.05) is 25.1 Å². The maximum atomic E-state index is 4.34. The molecule has 0 saturated carbocycles. The Balaban J connectivity index is 2.90. The van der Waals surface area contributed by atoms with Crippen molar-refractivity contribution in [1.29, 1.82) is 0 Å². The van der Waals surface area contributed by atoms with Crippen LogP contribution in [0.3, 0.4) is 0 Å². The van der Waals surface area contributed by atoms with Crippen LogP contribution in [0, 0.1) is 16.8 Å². The Morgan fingerprint density at radius 1 is 1.23 bits per heavy atom. The van der Waals surface area contributed by atoms with Gasteiger partial charge in [0.25, 0.3) is 0 Å². The van der Waals surface area contributed by atoms with E-state index in [-0.39, 0.29) is 0 Å². The van der Waals surface area contributed by atoms with Crippen LogP contribution >= 0.6 is 0 Å². The predicted molar refractivity (Wildman–Crippen MR) is 59.2 cm³/mol. The van der Waals surface area contributed by atoms with Crippen molar-refractivity contribution in [2.75, 3.05) is 0 Å². The van der Waals surface area contributed by atoms with Crippen molar-refractivity contribution in [1.82, 2.24) is 4.98 Å². The zero-order valence-corrected chi connectivity index (χ0v) is 11.5. The van der Waals surface area contributed by atoms with Crippen molar-refractivity contribution in [3.8, 4) is 9.86 Å². The van der Waals surface area contributed by atoms with Gasteiger partial charge in [-0.25, -0.2) is 0 Å². The fourth-order valence-electron chi connectivity index (χ4n) is 0.864. The summed E-state index contributed by atoms with van der Waals surface area (Å²) in [6.07, 6.45) is 0. The summed E-state index contributed by atoms with van der Waals surface area (Å²) in [4.78, 5) is 11.2. The summed E-state index contributed by atoms with van der Waals surface area (Å²) in [7, 11) is 0.